The second-order valence-electron chi connectivity index (χ2n) is 4.74. The summed E-state index contributed by atoms with van der Waals surface area (Å²) in [4.78, 5) is 31.1. The molecule has 0 aliphatic heterocycles. The standard InChI is InChI=1S/C16H10ClN3O3S/c17-11-3-1-2-9(6-11)13-8-24-16(19-13)20-14(21)10-4-5-18-12(7-10)15(22)23/h1-8H,(H,22,23)(H,19,20,21). The third-order valence-electron chi connectivity index (χ3n) is 3.09. The smallest absolute Gasteiger partial charge is 0.354 e. The minimum absolute atomic E-state index is 0.193. The maximum atomic E-state index is 12.2. The molecule has 2 N–H and O–H groups in total. The molecule has 0 spiro atoms. The molecule has 24 heavy (non-hydrogen) atoms. The molecule has 0 unspecified atom stereocenters. The number of halogens is 1. The van der Waals surface area contributed by atoms with Gasteiger partial charge in [0.1, 0.15) is 5.69 Å². The van der Waals surface area contributed by atoms with Gasteiger partial charge >= 0.3 is 5.97 Å². The Morgan fingerprint density at radius 2 is 2.04 bits per heavy atom. The third kappa shape index (κ3) is 3.58. The van der Waals surface area contributed by atoms with Gasteiger partial charge in [-0.3, -0.25) is 10.1 Å². The number of carbonyl (C=O) groups excluding carboxylic acids is 1. The molecule has 0 atom stereocenters. The van der Waals surface area contributed by atoms with Crippen LogP contribution < -0.4 is 5.32 Å². The van der Waals surface area contributed by atoms with Crippen molar-refractivity contribution >= 4 is 39.9 Å². The molecular weight excluding hydrogens is 350 g/mol. The molecular formula is C16H10ClN3O3S. The Labute approximate surface area is 145 Å². The number of rotatable bonds is 4. The van der Waals surface area contributed by atoms with Crippen molar-refractivity contribution in [2.24, 2.45) is 0 Å². The highest BCUT2D eigenvalue weighted by Crippen LogP contribution is 2.27. The van der Waals surface area contributed by atoms with Crippen molar-refractivity contribution in [3.63, 3.8) is 0 Å². The van der Waals surface area contributed by atoms with Crippen LogP contribution in [-0.4, -0.2) is 27.0 Å². The highest BCUT2D eigenvalue weighted by molar-refractivity contribution is 7.14. The number of hydrogen-bond acceptors (Lipinski definition) is 5. The molecule has 0 saturated heterocycles. The van der Waals surface area contributed by atoms with Crippen LogP contribution in [0.5, 0.6) is 0 Å². The number of nitrogens with one attached hydrogen (secondary N) is 1. The van der Waals surface area contributed by atoms with Crippen LogP contribution >= 0.6 is 22.9 Å². The second-order valence-corrected chi connectivity index (χ2v) is 6.03. The minimum Gasteiger partial charge on any atom is -0.477 e. The third-order valence-corrected chi connectivity index (χ3v) is 4.08. The fourth-order valence-corrected chi connectivity index (χ4v) is 2.87. The van der Waals surface area contributed by atoms with Gasteiger partial charge in [0.25, 0.3) is 5.91 Å². The number of benzene rings is 1. The number of aromatic nitrogens is 2. The van der Waals surface area contributed by atoms with E-state index in [1.807, 2.05) is 12.1 Å². The van der Waals surface area contributed by atoms with E-state index in [0.717, 1.165) is 5.56 Å². The first-order valence-corrected chi connectivity index (χ1v) is 8.01. The number of amides is 1. The number of thiazole rings is 1. The molecule has 8 heteroatoms. The lowest BCUT2D eigenvalue weighted by Gasteiger charge is -2.02. The van der Waals surface area contributed by atoms with Crippen molar-refractivity contribution in [1.82, 2.24) is 9.97 Å². The molecule has 3 aromatic rings. The van der Waals surface area contributed by atoms with Crippen LogP contribution in [0.4, 0.5) is 5.13 Å². The van der Waals surface area contributed by atoms with Crippen LogP contribution in [0.25, 0.3) is 11.3 Å². The zero-order valence-electron chi connectivity index (χ0n) is 12.1. The molecule has 0 fully saturated rings. The molecule has 2 heterocycles. The number of hydrogen-bond donors (Lipinski definition) is 2. The predicted molar refractivity (Wildman–Crippen MR) is 91.7 cm³/mol. The number of anilines is 1. The van der Waals surface area contributed by atoms with Gasteiger partial charge in [0.2, 0.25) is 0 Å². The maximum Gasteiger partial charge on any atom is 0.354 e. The Bertz CT molecular complexity index is 926. The van der Waals surface area contributed by atoms with Crippen LogP contribution in [0, 0.1) is 0 Å². The quantitative estimate of drug-likeness (QED) is 0.739. The highest BCUT2D eigenvalue weighted by Gasteiger charge is 2.13. The summed E-state index contributed by atoms with van der Waals surface area (Å²) in [5.74, 6) is -1.64. The van der Waals surface area contributed by atoms with E-state index in [4.69, 9.17) is 16.7 Å². The molecule has 1 aromatic carbocycles. The van der Waals surface area contributed by atoms with E-state index in [1.54, 1.807) is 17.5 Å². The average molecular weight is 360 g/mol. The summed E-state index contributed by atoms with van der Waals surface area (Å²) in [6.45, 7) is 0. The van der Waals surface area contributed by atoms with E-state index in [-0.39, 0.29) is 11.3 Å². The first-order valence-electron chi connectivity index (χ1n) is 6.75. The van der Waals surface area contributed by atoms with Crippen LogP contribution in [-0.2, 0) is 0 Å². The zero-order chi connectivity index (χ0) is 17.1. The second kappa shape index (κ2) is 6.77. The lowest BCUT2D eigenvalue weighted by atomic mass is 10.2. The number of carbonyl (C=O) groups is 2. The number of nitrogens with zero attached hydrogens (tertiary/aromatic N) is 2. The molecule has 2 aromatic heterocycles. The van der Waals surface area contributed by atoms with Crippen LogP contribution in [0.1, 0.15) is 20.8 Å². The fourth-order valence-electron chi connectivity index (χ4n) is 1.97. The Balaban J connectivity index is 1.78. The van der Waals surface area contributed by atoms with Crippen molar-refractivity contribution < 1.29 is 14.7 Å². The Morgan fingerprint density at radius 3 is 2.79 bits per heavy atom. The van der Waals surface area contributed by atoms with E-state index in [1.165, 1.54) is 29.7 Å². The summed E-state index contributed by atoms with van der Waals surface area (Å²) >= 11 is 7.22. The maximum absolute atomic E-state index is 12.2. The van der Waals surface area contributed by atoms with Gasteiger partial charge < -0.3 is 5.11 Å². The van der Waals surface area contributed by atoms with Gasteiger partial charge in [0, 0.05) is 27.7 Å². The van der Waals surface area contributed by atoms with Crippen molar-refractivity contribution in [1.29, 1.82) is 0 Å². The van der Waals surface area contributed by atoms with Gasteiger partial charge in [-0.1, -0.05) is 23.7 Å². The molecule has 120 valence electrons. The lowest BCUT2D eigenvalue weighted by Crippen LogP contribution is -2.13. The van der Waals surface area contributed by atoms with Gasteiger partial charge in [-0.2, -0.15) is 0 Å². The molecule has 0 aliphatic rings. The topological polar surface area (TPSA) is 92.2 Å². The summed E-state index contributed by atoms with van der Waals surface area (Å²) in [6.07, 6.45) is 1.28. The molecule has 0 aliphatic carbocycles. The summed E-state index contributed by atoms with van der Waals surface area (Å²) in [5.41, 5.74) is 1.54. The Hall–Kier alpha value is -2.77. The number of carboxylic acid groups (broad SMARTS) is 1. The number of aromatic carboxylic acids is 1. The number of carboxylic acids is 1. The van der Waals surface area contributed by atoms with Crippen LogP contribution in [0.15, 0.2) is 48.0 Å². The van der Waals surface area contributed by atoms with Crippen molar-refractivity contribution in [2.75, 3.05) is 5.32 Å². The van der Waals surface area contributed by atoms with E-state index in [9.17, 15) is 9.59 Å². The van der Waals surface area contributed by atoms with Crippen LogP contribution in [0.3, 0.4) is 0 Å². The van der Waals surface area contributed by atoms with Crippen molar-refractivity contribution in [3.8, 4) is 11.3 Å². The van der Waals surface area contributed by atoms with E-state index in [2.05, 4.69) is 15.3 Å². The molecule has 3 rings (SSSR count). The normalized spacial score (nSPS) is 10.4. The van der Waals surface area contributed by atoms with E-state index in [0.29, 0.717) is 15.8 Å². The fraction of sp³-hybridized carbons (Fsp3) is 0. The molecule has 0 radical (unpaired) electrons. The van der Waals surface area contributed by atoms with E-state index < -0.39 is 11.9 Å². The average Bonchev–Trinajstić information content (AvgIpc) is 3.03. The largest absolute Gasteiger partial charge is 0.477 e. The highest BCUT2D eigenvalue weighted by atomic mass is 35.5. The summed E-state index contributed by atoms with van der Waals surface area (Å²) in [7, 11) is 0. The summed E-state index contributed by atoms with van der Waals surface area (Å²) in [5, 5.41) is 14.4. The Kier molecular flexibility index (Phi) is 4.54. The first-order chi connectivity index (χ1) is 11.5. The molecule has 1 amide bonds. The molecule has 0 bridgehead atoms. The summed E-state index contributed by atoms with van der Waals surface area (Å²) in [6, 6.07) is 9.89. The van der Waals surface area contributed by atoms with Crippen LogP contribution in [0.2, 0.25) is 5.02 Å². The Morgan fingerprint density at radius 1 is 1.21 bits per heavy atom. The van der Waals surface area contributed by atoms with Gasteiger partial charge in [0.15, 0.2) is 5.13 Å². The van der Waals surface area contributed by atoms with Gasteiger partial charge in [-0.05, 0) is 24.3 Å². The predicted octanol–water partition coefficient (Wildman–Crippen LogP) is 3.81. The monoisotopic (exact) mass is 359 g/mol. The molecule has 0 saturated carbocycles. The van der Waals surface area contributed by atoms with Crippen molar-refractivity contribution in [3.05, 3.63) is 64.3 Å². The first kappa shape index (κ1) is 16.1. The van der Waals surface area contributed by atoms with Gasteiger partial charge in [-0.25, -0.2) is 14.8 Å². The minimum atomic E-state index is -1.19. The lowest BCUT2D eigenvalue weighted by molar-refractivity contribution is 0.0690. The SMILES string of the molecule is O=C(Nc1nc(-c2cccc(Cl)c2)cs1)c1ccnc(C(=O)O)c1. The van der Waals surface area contributed by atoms with Crippen molar-refractivity contribution in [2.45, 2.75) is 0 Å². The van der Waals surface area contributed by atoms with Gasteiger partial charge in [0.05, 0.1) is 5.69 Å². The molecule has 6 nitrogen and oxygen atoms in total. The number of pyridine rings is 1. The van der Waals surface area contributed by atoms with Gasteiger partial charge in [-0.15, -0.1) is 11.3 Å². The summed E-state index contributed by atoms with van der Waals surface area (Å²) < 4.78 is 0. The van der Waals surface area contributed by atoms with E-state index >= 15 is 0 Å². The zero-order valence-corrected chi connectivity index (χ0v) is 13.6.